The molecule has 37 heavy (non-hydrogen) atoms. The largest absolute Gasteiger partial charge is 0.496 e. The van der Waals surface area contributed by atoms with E-state index in [4.69, 9.17) is 14.2 Å². The Balaban J connectivity index is 1.31. The molecule has 0 saturated carbocycles. The van der Waals surface area contributed by atoms with Crippen molar-refractivity contribution >= 4 is 23.3 Å². The zero-order valence-corrected chi connectivity index (χ0v) is 20.4. The Hall–Kier alpha value is -5.05. The highest BCUT2D eigenvalue weighted by Gasteiger charge is 2.08. The zero-order valence-electron chi connectivity index (χ0n) is 20.4. The lowest BCUT2D eigenvalue weighted by atomic mass is 10.2. The van der Waals surface area contributed by atoms with Gasteiger partial charge in [-0.25, -0.2) is 4.79 Å². The number of benzene rings is 3. The summed E-state index contributed by atoms with van der Waals surface area (Å²) in [6, 6.07) is 24.4. The van der Waals surface area contributed by atoms with E-state index in [1.165, 1.54) is 13.2 Å². The molecule has 3 N–H and O–H groups in total. The molecule has 188 valence electrons. The third-order valence-electron chi connectivity index (χ3n) is 5.22. The van der Waals surface area contributed by atoms with Crippen molar-refractivity contribution in [3.8, 4) is 23.0 Å². The molecule has 0 radical (unpaired) electrons. The molecule has 4 aromatic rings. The van der Waals surface area contributed by atoms with Crippen LogP contribution < -0.4 is 30.2 Å². The van der Waals surface area contributed by atoms with E-state index in [2.05, 4.69) is 20.9 Å². The molecule has 4 rings (SSSR count). The number of aromatic nitrogens is 1. The smallest absolute Gasteiger partial charge is 0.323 e. The van der Waals surface area contributed by atoms with Crippen LogP contribution in [0.25, 0.3) is 0 Å². The van der Waals surface area contributed by atoms with E-state index in [0.717, 1.165) is 11.3 Å². The first-order valence-electron chi connectivity index (χ1n) is 11.4. The van der Waals surface area contributed by atoms with Crippen molar-refractivity contribution in [1.82, 2.24) is 10.3 Å². The Morgan fingerprint density at radius 3 is 2.38 bits per heavy atom. The fraction of sp³-hybridized carbons (Fsp3) is 0.107. The Bertz CT molecular complexity index is 1380. The lowest BCUT2D eigenvalue weighted by Crippen LogP contribution is -2.19. The number of anilines is 2. The molecule has 0 bridgehead atoms. The molecule has 9 nitrogen and oxygen atoms in total. The van der Waals surface area contributed by atoms with E-state index < -0.39 is 6.03 Å². The Kier molecular flexibility index (Phi) is 8.18. The number of nitrogens with one attached hydrogen (secondary N) is 3. The third kappa shape index (κ3) is 6.98. The maximum Gasteiger partial charge on any atom is 0.323 e. The van der Waals surface area contributed by atoms with Crippen molar-refractivity contribution in [2.24, 2.45) is 0 Å². The summed E-state index contributed by atoms with van der Waals surface area (Å²) in [5.74, 6) is 2.08. The number of hydrogen-bond acceptors (Lipinski definition) is 6. The Morgan fingerprint density at radius 1 is 0.811 bits per heavy atom. The molecule has 0 atom stereocenters. The van der Waals surface area contributed by atoms with Gasteiger partial charge in [0.25, 0.3) is 5.91 Å². The van der Waals surface area contributed by atoms with Crippen LogP contribution in [0.5, 0.6) is 23.0 Å². The normalized spacial score (nSPS) is 10.2. The summed E-state index contributed by atoms with van der Waals surface area (Å²) in [6.07, 6.45) is 1.50. The van der Waals surface area contributed by atoms with E-state index in [1.807, 2.05) is 30.3 Å². The first-order chi connectivity index (χ1) is 18.0. The average molecular weight is 499 g/mol. The number of amides is 3. The van der Waals surface area contributed by atoms with Crippen LogP contribution in [0.2, 0.25) is 0 Å². The van der Waals surface area contributed by atoms with Gasteiger partial charge in [0.1, 0.15) is 35.3 Å². The van der Waals surface area contributed by atoms with Crippen molar-refractivity contribution in [2.45, 2.75) is 6.61 Å². The summed E-state index contributed by atoms with van der Waals surface area (Å²) in [5, 5.41) is 8.10. The van der Waals surface area contributed by atoms with Gasteiger partial charge in [0.2, 0.25) is 0 Å². The standard InChI is InChI=1S/C28H26N4O5/c1-29-27(33)25-17-24(14-15-30-25)37-22-12-10-20(11-13-22)31-28(34)32-21-7-5-8-23(16-21)36-18-19-6-3-4-9-26(19)35-2/h3-17H,18H2,1-2H3,(H,29,33)(H2,31,32,34). The van der Waals surface area contributed by atoms with E-state index in [9.17, 15) is 9.59 Å². The number of urea groups is 1. The highest BCUT2D eigenvalue weighted by Crippen LogP contribution is 2.25. The molecular weight excluding hydrogens is 472 g/mol. The van der Waals surface area contributed by atoms with Crippen LogP contribution in [0, 0.1) is 0 Å². The lowest BCUT2D eigenvalue weighted by molar-refractivity contribution is 0.0957. The number of methoxy groups -OCH3 is 1. The second-order valence-corrected chi connectivity index (χ2v) is 7.79. The minimum atomic E-state index is -0.403. The predicted molar refractivity (Wildman–Crippen MR) is 141 cm³/mol. The van der Waals surface area contributed by atoms with Gasteiger partial charge < -0.3 is 30.2 Å². The van der Waals surface area contributed by atoms with Gasteiger partial charge in [-0.3, -0.25) is 9.78 Å². The summed E-state index contributed by atoms with van der Waals surface area (Å²) in [7, 11) is 3.15. The molecule has 9 heteroatoms. The zero-order chi connectivity index (χ0) is 26.0. The van der Waals surface area contributed by atoms with Crippen LogP contribution in [0.15, 0.2) is 91.1 Å². The van der Waals surface area contributed by atoms with E-state index in [-0.39, 0.29) is 11.6 Å². The van der Waals surface area contributed by atoms with Crippen molar-refractivity contribution < 1.29 is 23.8 Å². The first kappa shape index (κ1) is 25.1. The van der Waals surface area contributed by atoms with Crippen LogP contribution >= 0.6 is 0 Å². The quantitative estimate of drug-likeness (QED) is 0.282. The average Bonchev–Trinajstić information content (AvgIpc) is 2.93. The summed E-state index contributed by atoms with van der Waals surface area (Å²) < 4.78 is 17.0. The molecule has 1 aromatic heterocycles. The van der Waals surface area contributed by atoms with Gasteiger partial charge in [-0.05, 0) is 48.5 Å². The lowest BCUT2D eigenvalue weighted by Gasteiger charge is -2.12. The van der Waals surface area contributed by atoms with Crippen LogP contribution in [0.1, 0.15) is 16.1 Å². The topological polar surface area (TPSA) is 111 Å². The highest BCUT2D eigenvalue weighted by molar-refractivity contribution is 5.99. The third-order valence-corrected chi connectivity index (χ3v) is 5.22. The maximum atomic E-state index is 12.5. The number of para-hydroxylation sites is 1. The first-order valence-corrected chi connectivity index (χ1v) is 11.4. The SMILES string of the molecule is CNC(=O)c1cc(Oc2ccc(NC(=O)Nc3cccc(OCc4ccccc4OC)c3)cc2)ccn1. The van der Waals surface area contributed by atoms with Gasteiger partial charge in [0, 0.05) is 42.3 Å². The van der Waals surface area contributed by atoms with Gasteiger partial charge in [0.05, 0.1) is 7.11 Å². The van der Waals surface area contributed by atoms with E-state index in [0.29, 0.717) is 35.2 Å². The molecule has 0 unspecified atom stereocenters. The molecule has 3 aromatic carbocycles. The van der Waals surface area contributed by atoms with Gasteiger partial charge in [-0.1, -0.05) is 24.3 Å². The van der Waals surface area contributed by atoms with Crippen molar-refractivity contribution in [1.29, 1.82) is 0 Å². The molecule has 0 aliphatic heterocycles. The number of nitrogens with zero attached hydrogens (tertiary/aromatic N) is 1. The molecule has 3 amide bonds. The predicted octanol–water partition coefficient (Wildman–Crippen LogP) is 5.47. The molecule has 0 spiro atoms. The minimum Gasteiger partial charge on any atom is -0.496 e. The maximum absolute atomic E-state index is 12.5. The molecule has 0 saturated heterocycles. The van der Waals surface area contributed by atoms with Crippen molar-refractivity contribution in [3.63, 3.8) is 0 Å². The summed E-state index contributed by atoms with van der Waals surface area (Å²) in [5.41, 5.74) is 2.34. The number of carbonyl (C=O) groups is 2. The van der Waals surface area contributed by atoms with Gasteiger partial charge in [-0.15, -0.1) is 0 Å². The molecule has 0 fully saturated rings. The van der Waals surface area contributed by atoms with E-state index >= 15 is 0 Å². The van der Waals surface area contributed by atoms with Crippen LogP contribution in [0.4, 0.5) is 16.2 Å². The molecular formula is C28H26N4O5. The highest BCUT2D eigenvalue weighted by atomic mass is 16.5. The number of pyridine rings is 1. The minimum absolute atomic E-state index is 0.254. The fourth-order valence-corrected chi connectivity index (χ4v) is 3.41. The Labute approximate surface area is 214 Å². The fourth-order valence-electron chi connectivity index (χ4n) is 3.41. The number of rotatable bonds is 9. The van der Waals surface area contributed by atoms with Gasteiger partial charge in [0.15, 0.2) is 0 Å². The number of hydrogen-bond donors (Lipinski definition) is 3. The van der Waals surface area contributed by atoms with Crippen molar-refractivity contribution in [3.05, 3.63) is 102 Å². The summed E-state index contributed by atoms with van der Waals surface area (Å²) >= 11 is 0. The molecule has 1 heterocycles. The van der Waals surface area contributed by atoms with Crippen LogP contribution in [-0.4, -0.2) is 31.1 Å². The van der Waals surface area contributed by atoms with Gasteiger partial charge >= 0.3 is 6.03 Å². The Morgan fingerprint density at radius 2 is 1.59 bits per heavy atom. The van der Waals surface area contributed by atoms with Crippen LogP contribution in [-0.2, 0) is 6.61 Å². The van der Waals surface area contributed by atoms with Crippen LogP contribution in [0.3, 0.4) is 0 Å². The van der Waals surface area contributed by atoms with E-state index in [1.54, 1.807) is 61.7 Å². The monoisotopic (exact) mass is 498 g/mol. The summed E-state index contributed by atoms with van der Waals surface area (Å²) in [4.78, 5) is 28.3. The molecule has 0 aliphatic carbocycles. The summed E-state index contributed by atoms with van der Waals surface area (Å²) in [6.45, 7) is 0.334. The van der Waals surface area contributed by atoms with Gasteiger partial charge in [-0.2, -0.15) is 0 Å². The number of ether oxygens (including phenoxy) is 3. The second kappa shape index (κ2) is 12.1. The molecule has 0 aliphatic rings. The number of carbonyl (C=O) groups excluding carboxylic acids is 2. The van der Waals surface area contributed by atoms with Crippen molar-refractivity contribution in [2.75, 3.05) is 24.8 Å². The second-order valence-electron chi connectivity index (χ2n) is 7.79.